The number of rotatable bonds is 2. The molecule has 0 radical (unpaired) electrons. The lowest BCUT2D eigenvalue weighted by Gasteiger charge is -2.07. The van der Waals surface area contributed by atoms with Gasteiger partial charge in [-0.25, -0.2) is 13.2 Å². The molecule has 17 heavy (non-hydrogen) atoms. The SMILES string of the molecule is Nc1cncc(Nc2cc(F)c(F)c(F)c2)c1. The van der Waals surface area contributed by atoms with Gasteiger partial charge in [0.2, 0.25) is 0 Å². The van der Waals surface area contributed by atoms with Crippen LogP contribution in [0, 0.1) is 17.5 Å². The Bertz CT molecular complexity index is 534. The average Bonchev–Trinajstić information content (AvgIpc) is 2.26. The Morgan fingerprint density at radius 3 is 2.18 bits per heavy atom. The maximum absolute atomic E-state index is 12.9. The van der Waals surface area contributed by atoms with E-state index >= 15 is 0 Å². The van der Waals surface area contributed by atoms with Crippen molar-refractivity contribution in [2.24, 2.45) is 0 Å². The lowest BCUT2D eigenvalue weighted by molar-refractivity contribution is 0.448. The molecule has 0 amide bonds. The molecule has 0 spiro atoms. The number of hydrogen-bond donors (Lipinski definition) is 2. The molecule has 3 N–H and O–H groups in total. The number of pyridine rings is 1. The van der Waals surface area contributed by atoms with Crippen LogP contribution in [0.4, 0.5) is 30.2 Å². The minimum atomic E-state index is -1.50. The summed E-state index contributed by atoms with van der Waals surface area (Å²) in [4.78, 5) is 3.79. The Morgan fingerprint density at radius 1 is 0.941 bits per heavy atom. The van der Waals surface area contributed by atoms with E-state index in [4.69, 9.17) is 5.73 Å². The predicted molar refractivity (Wildman–Crippen MR) is 58.2 cm³/mol. The van der Waals surface area contributed by atoms with Gasteiger partial charge < -0.3 is 11.1 Å². The van der Waals surface area contributed by atoms with Crippen LogP contribution in [0.1, 0.15) is 0 Å². The minimum Gasteiger partial charge on any atom is -0.397 e. The molecule has 1 aromatic carbocycles. The fourth-order valence-corrected chi connectivity index (χ4v) is 1.32. The summed E-state index contributed by atoms with van der Waals surface area (Å²) in [6.07, 6.45) is 2.85. The first kappa shape index (κ1) is 11.3. The third kappa shape index (κ3) is 2.47. The van der Waals surface area contributed by atoms with Gasteiger partial charge in [0, 0.05) is 24.0 Å². The number of benzene rings is 1. The zero-order chi connectivity index (χ0) is 12.4. The average molecular weight is 239 g/mol. The number of nitrogen functional groups attached to an aromatic ring is 1. The van der Waals surface area contributed by atoms with Crippen LogP contribution in [0.3, 0.4) is 0 Å². The lowest BCUT2D eigenvalue weighted by atomic mass is 10.2. The van der Waals surface area contributed by atoms with E-state index in [1.165, 1.54) is 18.5 Å². The summed E-state index contributed by atoms with van der Waals surface area (Å²) in [6.45, 7) is 0. The molecule has 0 unspecified atom stereocenters. The number of anilines is 3. The summed E-state index contributed by atoms with van der Waals surface area (Å²) in [5.74, 6) is -4.02. The van der Waals surface area contributed by atoms with Crippen molar-refractivity contribution in [1.82, 2.24) is 4.98 Å². The second kappa shape index (κ2) is 4.32. The molecule has 0 bridgehead atoms. The normalized spacial score (nSPS) is 10.3. The van der Waals surface area contributed by atoms with Crippen LogP contribution in [-0.2, 0) is 0 Å². The Hall–Kier alpha value is -2.24. The number of hydrogen-bond acceptors (Lipinski definition) is 3. The molecule has 0 saturated heterocycles. The van der Waals surface area contributed by atoms with Crippen molar-refractivity contribution in [3.05, 3.63) is 48.0 Å². The van der Waals surface area contributed by atoms with Crippen LogP contribution in [0.2, 0.25) is 0 Å². The van der Waals surface area contributed by atoms with Crippen molar-refractivity contribution < 1.29 is 13.2 Å². The fourth-order valence-electron chi connectivity index (χ4n) is 1.32. The van der Waals surface area contributed by atoms with Crippen molar-refractivity contribution in [2.45, 2.75) is 0 Å². The first-order valence-electron chi connectivity index (χ1n) is 4.68. The van der Waals surface area contributed by atoms with Crippen molar-refractivity contribution in [3.63, 3.8) is 0 Å². The van der Waals surface area contributed by atoms with Crippen LogP contribution in [0.25, 0.3) is 0 Å². The zero-order valence-electron chi connectivity index (χ0n) is 8.55. The Balaban J connectivity index is 2.31. The van der Waals surface area contributed by atoms with Crippen molar-refractivity contribution in [3.8, 4) is 0 Å². The van der Waals surface area contributed by atoms with Gasteiger partial charge in [-0.15, -0.1) is 0 Å². The third-order valence-electron chi connectivity index (χ3n) is 2.03. The molecular formula is C11H8F3N3. The van der Waals surface area contributed by atoms with Crippen LogP contribution < -0.4 is 11.1 Å². The quantitative estimate of drug-likeness (QED) is 0.792. The molecule has 88 valence electrons. The van der Waals surface area contributed by atoms with Crippen molar-refractivity contribution >= 4 is 17.1 Å². The van der Waals surface area contributed by atoms with Crippen molar-refractivity contribution in [1.29, 1.82) is 0 Å². The molecule has 2 rings (SSSR count). The predicted octanol–water partition coefficient (Wildman–Crippen LogP) is 2.82. The largest absolute Gasteiger partial charge is 0.397 e. The van der Waals surface area contributed by atoms with Gasteiger partial charge in [0.05, 0.1) is 17.6 Å². The Morgan fingerprint density at radius 2 is 1.59 bits per heavy atom. The second-order valence-corrected chi connectivity index (χ2v) is 3.39. The van der Waals surface area contributed by atoms with E-state index in [0.29, 0.717) is 11.4 Å². The molecule has 0 aliphatic heterocycles. The number of nitrogens with one attached hydrogen (secondary N) is 1. The molecule has 0 saturated carbocycles. The van der Waals surface area contributed by atoms with Crippen LogP contribution in [-0.4, -0.2) is 4.98 Å². The van der Waals surface area contributed by atoms with Crippen LogP contribution in [0.5, 0.6) is 0 Å². The Kier molecular flexibility index (Phi) is 2.86. The van der Waals surface area contributed by atoms with Gasteiger partial charge in [-0.2, -0.15) is 0 Å². The molecule has 3 nitrogen and oxygen atoms in total. The van der Waals surface area contributed by atoms with Gasteiger partial charge in [-0.1, -0.05) is 0 Å². The summed E-state index contributed by atoms with van der Waals surface area (Å²) in [6, 6.07) is 3.23. The molecule has 0 fully saturated rings. The van der Waals surface area contributed by atoms with Gasteiger partial charge in [-0.05, 0) is 6.07 Å². The standard InChI is InChI=1S/C11H8F3N3/c12-9-2-7(3-10(13)11(9)14)17-8-1-6(15)4-16-5-8/h1-5,17H,15H2. The molecule has 0 aliphatic carbocycles. The smallest absolute Gasteiger partial charge is 0.194 e. The molecule has 1 heterocycles. The van der Waals surface area contributed by atoms with Gasteiger partial charge in [-0.3, -0.25) is 4.98 Å². The Labute approximate surface area is 95.1 Å². The summed E-state index contributed by atoms with van der Waals surface area (Å²) < 4.78 is 38.6. The van der Waals surface area contributed by atoms with E-state index in [-0.39, 0.29) is 5.69 Å². The first-order valence-corrected chi connectivity index (χ1v) is 4.68. The molecule has 6 heteroatoms. The highest BCUT2D eigenvalue weighted by Crippen LogP contribution is 2.21. The highest BCUT2D eigenvalue weighted by atomic mass is 19.2. The summed E-state index contributed by atoms with van der Waals surface area (Å²) in [5, 5.41) is 2.66. The molecule has 0 aliphatic rings. The summed E-state index contributed by atoms with van der Waals surface area (Å²) >= 11 is 0. The topological polar surface area (TPSA) is 50.9 Å². The number of halogens is 3. The molecular weight excluding hydrogens is 231 g/mol. The maximum atomic E-state index is 12.9. The monoisotopic (exact) mass is 239 g/mol. The van der Waals surface area contributed by atoms with Crippen molar-refractivity contribution in [2.75, 3.05) is 11.1 Å². The van der Waals surface area contributed by atoms with E-state index < -0.39 is 17.5 Å². The summed E-state index contributed by atoms with van der Waals surface area (Å²) in [7, 11) is 0. The third-order valence-corrected chi connectivity index (χ3v) is 2.03. The molecule has 2 aromatic rings. The van der Waals surface area contributed by atoms with Gasteiger partial charge in [0.1, 0.15) is 0 Å². The zero-order valence-corrected chi connectivity index (χ0v) is 8.55. The number of aromatic nitrogens is 1. The highest BCUT2D eigenvalue weighted by Gasteiger charge is 2.10. The van der Waals surface area contributed by atoms with E-state index in [9.17, 15) is 13.2 Å². The summed E-state index contributed by atoms with van der Waals surface area (Å²) in [5.41, 5.74) is 6.42. The number of nitrogens with two attached hydrogens (primary N) is 1. The molecule has 1 aromatic heterocycles. The van der Waals surface area contributed by atoms with E-state index in [1.54, 1.807) is 0 Å². The van der Waals surface area contributed by atoms with E-state index in [2.05, 4.69) is 10.3 Å². The second-order valence-electron chi connectivity index (χ2n) is 3.39. The van der Waals surface area contributed by atoms with Gasteiger partial charge >= 0.3 is 0 Å². The number of nitrogens with zero attached hydrogens (tertiary/aromatic N) is 1. The fraction of sp³-hybridized carbons (Fsp3) is 0. The van der Waals surface area contributed by atoms with Gasteiger partial charge in [0.15, 0.2) is 17.5 Å². The van der Waals surface area contributed by atoms with Crippen LogP contribution >= 0.6 is 0 Å². The van der Waals surface area contributed by atoms with E-state index in [0.717, 1.165) is 12.1 Å². The highest BCUT2D eigenvalue weighted by molar-refractivity contribution is 5.62. The first-order chi connectivity index (χ1) is 8.06. The molecule has 0 atom stereocenters. The van der Waals surface area contributed by atoms with E-state index in [1.807, 2.05) is 0 Å². The maximum Gasteiger partial charge on any atom is 0.194 e. The van der Waals surface area contributed by atoms with Crippen LogP contribution in [0.15, 0.2) is 30.6 Å². The van der Waals surface area contributed by atoms with Gasteiger partial charge in [0.25, 0.3) is 0 Å². The lowest BCUT2D eigenvalue weighted by Crippen LogP contribution is -1.97. The minimum absolute atomic E-state index is 0.0776.